The molecule has 1 N–H and O–H groups in total. The SMILES string of the molecule is O=C(Oc1ccc(F)cc1C=C1SC(N2CCCCN2)=NC1=S)N1CCOCC1. The molecule has 2 fully saturated rings. The first-order chi connectivity index (χ1) is 14.1. The average Bonchev–Trinajstić information content (AvgIpc) is 3.11. The summed E-state index contributed by atoms with van der Waals surface area (Å²) in [5, 5.41) is 2.77. The first-order valence-electron chi connectivity index (χ1n) is 9.48. The quantitative estimate of drug-likeness (QED) is 0.565. The second-order valence-electron chi connectivity index (χ2n) is 6.73. The third-order valence-electron chi connectivity index (χ3n) is 4.68. The fourth-order valence-corrected chi connectivity index (χ4v) is 4.38. The van der Waals surface area contributed by atoms with Crippen LogP contribution in [0.5, 0.6) is 5.75 Å². The summed E-state index contributed by atoms with van der Waals surface area (Å²) in [5.41, 5.74) is 3.74. The molecule has 0 unspecified atom stereocenters. The molecule has 4 rings (SSSR count). The number of amidine groups is 1. The van der Waals surface area contributed by atoms with E-state index in [0.717, 1.165) is 36.0 Å². The second kappa shape index (κ2) is 9.21. The Balaban J connectivity index is 1.51. The molecule has 1 amide bonds. The van der Waals surface area contributed by atoms with Crippen LogP contribution in [0.3, 0.4) is 0 Å². The van der Waals surface area contributed by atoms with Crippen molar-refractivity contribution >= 4 is 46.3 Å². The molecule has 3 aliphatic rings. The lowest BCUT2D eigenvalue weighted by Crippen LogP contribution is -2.45. The Morgan fingerprint density at radius 1 is 1.31 bits per heavy atom. The fraction of sp³-hybridized carbons (Fsp3) is 0.421. The van der Waals surface area contributed by atoms with E-state index in [1.807, 2.05) is 5.01 Å². The van der Waals surface area contributed by atoms with Crippen molar-refractivity contribution in [3.05, 3.63) is 34.5 Å². The molecule has 29 heavy (non-hydrogen) atoms. The molecule has 1 aromatic carbocycles. The van der Waals surface area contributed by atoms with Crippen LogP contribution in [0, 0.1) is 5.82 Å². The Morgan fingerprint density at radius 3 is 2.90 bits per heavy atom. The first kappa shape index (κ1) is 20.3. The lowest BCUT2D eigenvalue weighted by atomic mass is 10.2. The Morgan fingerprint density at radius 2 is 2.14 bits per heavy atom. The summed E-state index contributed by atoms with van der Waals surface area (Å²) in [6, 6.07) is 4.05. The number of hydrogen-bond acceptors (Lipinski definition) is 7. The number of thiocarbonyl (C=S) groups is 1. The van der Waals surface area contributed by atoms with Crippen molar-refractivity contribution in [1.29, 1.82) is 0 Å². The van der Waals surface area contributed by atoms with E-state index >= 15 is 0 Å². The Labute approximate surface area is 177 Å². The van der Waals surface area contributed by atoms with Crippen molar-refractivity contribution in [3.63, 3.8) is 0 Å². The van der Waals surface area contributed by atoms with Crippen LogP contribution in [0.1, 0.15) is 18.4 Å². The number of thioether (sulfide) groups is 1. The van der Waals surface area contributed by atoms with Gasteiger partial charge in [0.2, 0.25) is 0 Å². The van der Waals surface area contributed by atoms with Crippen molar-refractivity contribution in [2.24, 2.45) is 4.99 Å². The van der Waals surface area contributed by atoms with Gasteiger partial charge in [-0.25, -0.2) is 19.6 Å². The van der Waals surface area contributed by atoms with Crippen LogP contribution >= 0.6 is 24.0 Å². The molecule has 0 bridgehead atoms. The van der Waals surface area contributed by atoms with Gasteiger partial charge in [-0.05, 0) is 48.9 Å². The molecular formula is C19H21FN4O3S2. The topological polar surface area (TPSA) is 66.4 Å². The maximum Gasteiger partial charge on any atom is 0.415 e. The van der Waals surface area contributed by atoms with Crippen LogP contribution in [-0.2, 0) is 4.74 Å². The van der Waals surface area contributed by atoms with Crippen molar-refractivity contribution < 1.29 is 18.7 Å². The standard InChI is InChI=1S/C19H21FN4O3S2/c20-14-3-4-15(27-19(25)23-7-9-26-10-8-23)13(11-14)12-16-17(28)22-18(29-16)24-6-2-1-5-21-24/h3-4,11-12,21H,1-2,5-10H2. The van der Waals surface area contributed by atoms with E-state index in [-0.39, 0.29) is 5.75 Å². The van der Waals surface area contributed by atoms with Crippen LogP contribution in [-0.4, -0.2) is 65.6 Å². The molecule has 154 valence electrons. The highest BCUT2D eigenvalue weighted by atomic mass is 32.2. The van der Waals surface area contributed by atoms with Gasteiger partial charge in [-0.2, -0.15) is 0 Å². The largest absolute Gasteiger partial charge is 0.415 e. The van der Waals surface area contributed by atoms with Crippen molar-refractivity contribution in [2.45, 2.75) is 12.8 Å². The van der Waals surface area contributed by atoms with Crippen molar-refractivity contribution in [1.82, 2.24) is 15.3 Å². The smallest absolute Gasteiger partial charge is 0.410 e. The highest BCUT2D eigenvalue weighted by Gasteiger charge is 2.26. The third-order valence-corrected chi connectivity index (χ3v) is 6.14. The molecule has 0 radical (unpaired) electrons. The monoisotopic (exact) mass is 436 g/mol. The van der Waals surface area contributed by atoms with Crippen molar-refractivity contribution in [3.8, 4) is 5.75 Å². The minimum absolute atomic E-state index is 0.281. The van der Waals surface area contributed by atoms with E-state index in [1.54, 1.807) is 11.0 Å². The van der Waals surface area contributed by atoms with Crippen molar-refractivity contribution in [2.75, 3.05) is 39.4 Å². The number of amides is 1. The van der Waals surface area contributed by atoms with E-state index in [4.69, 9.17) is 21.7 Å². The van der Waals surface area contributed by atoms with Gasteiger partial charge in [0, 0.05) is 31.7 Å². The van der Waals surface area contributed by atoms with Gasteiger partial charge in [0.05, 0.1) is 18.1 Å². The number of benzene rings is 1. The minimum Gasteiger partial charge on any atom is -0.410 e. The van der Waals surface area contributed by atoms with Crippen LogP contribution in [0.25, 0.3) is 6.08 Å². The molecular weight excluding hydrogens is 415 g/mol. The normalized spacial score (nSPS) is 21.5. The van der Waals surface area contributed by atoms with Gasteiger partial charge < -0.3 is 14.4 Å². The molecule has 3 heterocycles. The van der Waals surface area contributed by atoms with E-state index in [0.29, 0.717) is 36.9 Å². The lowest BCUT2D eigenvalue weighted by Gasteiger charge is -2.28. The summed E-state index contributed by atoms with van der Waals surface area (Å²) in [7, 11) is 0. The molecule has 0 spiro atoms. The first-order valence-corrected chi connectivity index (χ1v) is 10.7. The molecule has 1 aromatic rings. The van der Waals surface area contributed by atoms with Gasteiger partial charge in [-0.3, -0.25) is 5.01 Å². The highest BCUT2D eigenvalue weighted by molar-refractivity contribution is 8.19. The summed E-state index contributed by atoms with van der Waals surface area (Å²) < 4.78 is 24.7. The van der Waals surface area contributed by atoms with Gasteiger partial charge in [-0.15, -0.1) is 0 Å². The number of hydrogen-bond donors (Lipinski definition) is 1. The molecule has 3 aliphatic heterocycles. The summed E-state index contributed by atoms with van der Waals surface area (Å²) in [6.07, 6.45) is 3.46. The number of aliphatic imine (C=N–C) groups is 1. The number of halogens is 1. The molecule has 10 heteroatoms. The number of nitrogens with zero attached hydrogens (tertiary/aromatic N) is 3. The Bertz CT molecular complexity index is 865. The number of carbonyl (C=O) groups is 1. The van der Waals surface area contributed by atoms with Gasteiger partial charge in [0.1, 0.15) is 16.6 Å². The lowest BCUT2D eigenvalue weighted by molar-refractivity contribution is 0.0415. The van der Waals surface area contributed by atoms with Gasteiger partial charge in [0.15, 0.2) is 5.17 Å². The number of morpholine rings is 1. The maximum atomic E-state index is 13.9. The zero-order valence-corrected chi connectivity index (χ0v) is 17.4. The summed E-state index contributed by atoms with van der Waals surface area (Å²) in [6.45, 7) is 3.66. The summed E-state index contributed by atoms with van der Waals surface area (Å²) >= 11 is 6.82. The number of nitrogens with one attached hydrogen (secondary N) is 1. The Kier molecular flexibility index (Phi) is 6.43. The van der Waals surface area contributed by atoms with E-state index in [2.05, 4.69) is 10.4 Å². The van der Waals surface area contributed by atoms with Crippen LogP contribution < -0.4 is 10.2 Å². The molecule has 0 saturated carbocycles. The molecule has 0 atom stereocenters. The average molecular weight is 437 g/mol. The van der Waals surface area contributed by atoms with Gasteiger partial charge >= 0.3 is 6.09 Å². The number of carbonyl (C=O) groups excluding carboxylic acids is 1. The predicted molar refractivity (Wildman–Crippen MR) is 114 cm³/mol. The van der Waals surface area contributed by atoms with Crippen LogP contribution in [0.2, 0.25) is 0 Å². The van der Waals surface area contributed by atoms with Gasteiger partial charge in [-0.1, -0.05) is 12.2 Å². The van der Waals surface area contributed by atoms with Crippen LogP contribution in [0.4, 0.5) is 9.18 Å². The van der Waals surface area contributed by atoms with Crippen LogP contribution in [0.15, 0.2) is 28.1 Å². The third kappa shape index (κ3) is 4.95. The zero-order valence-electron chi connectivity index (χ0n) is 15.7. The summed E-state index contributed by atoms with van der Waals surface area (Å²) in [5.74, 6) is -0.140. The second-order valence-corrected chi connectivity index (χ2v) is 8.12. The summed E-state index contributed by atoms with van der Waals surface area (Å²) in [4.78, 5) is 19.6. The van der Waals surface area contributed by atoms with Gasteiger partial charge in [0.25, 0.3) is 0 Å². The fourth-order valence-electron chi connectivity index (χ4n) is 3.14. The van der Waals surface area contributed by atoms with E-state index in [9.17, 15) is 9.18 Å². The number of hydrazine groups is 1. The molecule has 2 saturated heterocycles. The molecule has 7 nitrogen and oxygen atoms in total. The number of ether oxygens (including phenoxy) is 2. The zero-order chi connectivity index (χ0) is 20.2. The maximum absolute atomic E-state index is 13.9. The Hall–Kier alpha value is -2.01. The predicted octanol–water partition coefficient (Wildman–Crippen LogP) is 3.03. The number of rotatable bonds is 2. The highest BCUT2D eigenvalue weighted by Crippen LogP contribution is 2.33. The van der Waals surface area contributed by atoms with E-state index < -0.39 is 11.9 Å². The van der Waals surface area contributed by atoms with E-state index in [1.165, 1.54) is 30.0 Å². The molecule has 0 aromatic heterocycles. The molecule has 0 aliphatic carbocycles. The minimum atomic E-state index is -0.476.